The quantitative estimate of drug-likeness (QED) is 0.381. The minimum Gasteiger partial charge on any atom is -0.384 e. The number of aliphatic hydroxyl groups excluding tert-OH is 1. The third kappa shape index (κ3) is 2.64. The maximum atomic E-state index is 10.7. The largest absolute Gasteiger partial charge is 0.384 e. The Morgan fingerprint density at radius 2 is 1.15 bits per heavy atom. The van der Waals surface area contributed by atoms with Crippen LogP contribution in [0, 0.1) is 0 Å². The Morgan fingerprint density at radius 1 is 0.556 bits per heavy atom. The van der Waals surface area contributed by atoms with Gasteiger partial charge in [-0.3, -0.25) is 0 Å². The van der Waals surface area contributed by atoms with Crippen LogP contribution in [-0.2, 0) is 0 Å². The molecule has 2 heteroatoms. The molecule has 1 nitrogen and oxygen atoms in total. The number of aliphatic hydroxyl groups is 1. The lowest BCUT2D eigenvalue weighted by Gasteiger charge is -2.13. The Morgan fingerprint density at radius 3 is 1.93 bits per heavy atom. The highest BCUT2D eigenvalue weighted by atomic mass is 79.9. The molecule has 1 aliphatic carbocycles. The molecule has 0 saturated carbocycles. The molecule has 27 heavy (non-hydrogen) atoms. The molecular weight excluding hydrogens is 396 g/mol. The minimum atomic E-state index is -0.538. The van der Waals surface area contributed by atoms with E-state index in [1.54, 1.807) is 0 Å². The number of hydrogen-bond acceptors (Lipinski definition) is 1. The molecule has 0 amide bonds. The highest BCUT2D eigenvalue weighted by Gasteiger charge is 2.27. The van der Waals surface area contributed by atoms with Gasteiger partial charge in [-0.25, -0.2) is 0 Å². The first-order valence-corrected chi connectivity index (χ1v) is 9.79. The third-order valence-corrected chi connectivity index (χ3v) is 5.99. The van der Waals surface area contributed by atoms with E-state index in [9.17, 15) is 5.11 Å². The lowest BCUT2D eigenvalue weighted by Crippen LogP contribution is -1.93. The van der Waals surface area contributed by atoms with Crippen LogP contribution in [0.3, 0.4) is 0 Å². The molecule has 0 aliphatic heterocycles. The van der Waals surface area contributed by atoms with Crippen molar-refractivity contribution in [1.29, 1.82) is 0 Å². The summed E-state index contributed by atoms with van der Waals surface area (Å²) in [4.78, 5) is 0. The molecule has 0 fully saturated rings. The first-order valence-electron chi connectivity index (χ1n) is 8.99. The normalized spacial score (nSPS) is 14.7. The number of rotatable bonds is 2. The van der Waals surface area contributed by atoms with Gasteiger partial charge in [-0.1, -0.05) is 94.8 Å². The zero-order chi connectivity index (χ0) is 18.4. The number of benzene rings is 4. The SMILES string of the molecule is OC1c2ccccc2-c2cc(-c3ccccc3-c3ccccc3Br)ccc21. The molecule has 5 rings (SSSR count). The van der Waals surface area contributed by atoms with Crippen molar-refractivity contribution >= 4 is 15.9 Å². The zero-order valence-corrected chi connectivity index (χ0v) is 16.1. The lowest BCUT2D eigenvalue weighted by molar-refractivity contribution is 0.225. The molecule has 1 unspecified atom stereocenters. The van der Waals surface area contributed by atoms with E-state index in [4.69, 9.17) is 0 Å². The highest BCUT2D eigenvalue weighted by molar-refractivity contribution is 9.10. The summed E-state index contributed by atoms with van der Waals surface area (Å²) in [5, 5.41) is 10.7. The van der Waals surface area contributed by atoms with Crippen LogP contribution in [0.1, 0.15) is 17.2 Å². The molecule has 4 aromatic rings. The van der Waals surface area contributed by atoms with Crippen molar-refractivity contribution in [1.82, 2.24) is 0 Å². The average molecular weight is 413 g/mol. The van der Waals surface area contributed by atoms with Crippen molar-refractivity contribution < 1.29 is 5.11 Å². The molecule has 130 valence electrons. The van der Waals surface area contributed by atoms with Gasteiger partial charge in [0.2, 0.25) is 0 Å². The van der Waals surface area contributed by atoms with Gasteiger partial charge in [-0.05, 0) is 56.6 Å². The minimum absolute atomic E-state index is 0.538. The Hall–Kier alpha value is -2.68. The Bertz CT molecular complexity index is 1160. The molecule has 1 N–H and O–H groups in total. The maximum absolute atomic E-state index is 10.7. The van der Waals surface area contributed by atoms with E-state index in [0.29, 0.717) is 0 Å². The summed E-state index contributed by atoms with van der Waals surface area (Å²) in [6, 6.07) is 31.3. The molecule has 0 heterocycles. The smallest absolute Gasteiger partial charge is 0.105 e. The predicted molar refractivity (Wildman–Crippen MR) is 115 cm³/mol. The molecule has 0 radical (unpaired) electrons. The van der Waals surface area contributed by atoms with Crippen LogP contribution >= 0.6 is 15.9 Å². The van der Waals surface area contributed by atoms with E-state index in [-0.39, 0.29) is 0 Å². The van der Waals surface area contributed by atoms with E-state index in [1.165, 1.54) is 16.7 Å². The van der Waals surface area contributed by atoms with Crippen LogP contribution < -0.4 is 0 Å². The van der Waals surface area contributed by atoms with Gasteiger partial charge in [-0.2, -0.15) is 0 Å². The van der Waals surface area contributed by atoms with Gasteiger partial charge < -0.3 is 5.11 Å². The van der Waals surface area contributed by atoms with E-state index in [0.717, 1.165) is 32.3 Å². The molecule has 1 aliphatic rings. The first kappa shape index (κ1) is 16.5. The monoisotopic (exact) mass is 412 g/mol. The van der Waals surface area contributed by atoms with Gasteiger partial charge in [-0.15, -0.1) is 0 Å². The van der Waals surface area contributed by atoms with Crippen molar-refractivity contribution in [3.8, 4) is 33.4 Å². The van der Waals surface area contributed by atoms with Gasteiger partial charge in [0, 0.05) is 4.47 Å². The van der Waals surface area contributed by atoms with E-state index >= 15 is 0 Å². The van der Waals surface area contributed by atoms with Crippen LogP contribution in [0.4, 0.5) is 0 Å². The number of hydrogen-bond donors (Lipinski definition) is 1. The summed E-state index contributed by atoms with van der Waals surface area (Å²) in [6.07, 6.45) is -0.538. The maximum Gasteiger partial charge on any atom is 0.105 e. The first-order chi connectivity index (χ1) is 13.2. The fourth-order valence-electron chi connectivity index (χ4n) is 3.99. The highest BCUT2D eigenvalue weighted by Crippen LogP contribution is 2.45. The number of fused-ring (bicyclic) bond motifs is 3. The zero-order valence-electron chi connectivity index (χ0n) is 14.6. The summed E-state index contributed by atoms with van der Waals surface area (Å²) in [5.41, 5.74) is 8.93. The van der Waals surface area contributed by atoms with Gasteiger partial charge in [0.25, 0.3) is 0 Å². The van der Waals surface area contributed by atoms with Crippen molar-refractivity contribution in [2.24, 2.45) is 0 Å². The molecular formula is C25H17BrO. The Kier molecular flexibility index (Phi) is 3.96. The summed E-state index contributed by atoms with van der Waals surface area (Å²) in [7, 11) is 0. The van der Waals surface area contributed by atoms with Gasteiger partial charge >= 0.3 is 0 Å². The topological polar surface area (TPSA) is 20.2 Å². The van der Waals surface area contributed by atoms with Crippen LogP contribution in [0.5, 0.6) is 0 Å². The molecule has 0 saturated heterocycles. The van der Waals surface area contributed by atoms with Gasteiger partial charge in [0.15, 0.2) is 0 Å². The summed E-state index contributed by atoms with van der Waals surface area (Å²) < 4.78 is 1.08. The second-order valence-electron chi connectivity index (χ2n) is 6.82. The van der Waals surface area contributed by atoms with Crippen molar-refractivity contribution in [3.05, 3.63) is 107 Å². The van der Waals surface area contributed by atoms with Gasteiger partial charge in [0.1, 0.15) is 6.10 Å². The lowest BCUT2D eigenvalue weighted by atomic mass is 9.92. The Labute approximate surface area is 167 Å². The Balaban J connectivity index is 1.70. The van der Waals surface area contributed by atoms with Crippen LogP contribution in [0.15, 0.2) is 95.5 Å². The van der Waals surface area contributed by atoms with Crippen LogP contribution in [-0.4, -0.2) is 5.11 Å². The van der Waals surface area contributed by atoms with E-state index in [1.807, 2.05) is 24.3 Å². The molecule has 0 bridgehead atoms. The van der Waals surface area contributed by atoms with Crippen molar-refractivity contribution in [2.45, 2.75) is 6.10 Å². The third-order valence-electron chi connectivity index (χ3n) is 5.30. The molecule has 0 aromatic heterocycles. The fraction of sp³-hybridized carbons (Fsp3) is 0.0400. The molecule has 0 spiro atoms. The molecule has 4 aromatic carbocycles. The fourth-order valence-corrected chi connectivity index (χ4v) is 4.49. The predicted octanol–water partition coefficient (Wildman–Crippen LogP) is 6.85. The summed E-state index contributed by atoms with van der Waals surface area (Å²) in [6.45, 7) is 0. The van der Waals surface area contributed by atoms with Gasteiger partial charge in [0.05, 0.1) is 0 Å². The van der Waals surface area contributed by atoms with Crippen molar-refractivity contribution in [3.63, 3.8) is 0 Å². The average Bonchev–Trinajstić information content (AvgIpc) is 3.01. The van der Waals surface area contributed by atoms with Crippen LogP contribution in [0.25, 0.3) is 33.4 Å². The summed E-state index contributed by atoms with van der Waals surface area (Å²) >= 11 is 3.69. The summed E-state index contributed by atoms with van der Waals surface area (Å²) in [5.74, 6) is 0. The second kappa shape index (κ2) is 6.49. The number of halogens is 1. The van der Waals surface area contributed by atoms with Crippen LogP contribution in [0.2, 0.25) is 0 Å². The molecule has 1 atom stereocenters. The van der Waals surface area contributed by atoms with Crippen molar-refractivity contribution in [2.75, 3.05) is 0 Å². The standard InChI is InChI=1S/C25H17BrO/c26-24-12-6-5-10-20(24)18-8-2-1-7-17(18)16-13-14-22-23(15-16)19-9-3-4-11-21(19)25(22)27/h1-15,25,27H. The van der Waals surface area contributed by atoms with E-state index < -0.39 is 6.10 Å². The van der Waals surface area contributed by atoms with E-state index in [2.05, 4.69) is 82.7 Å². The second-order valence-corrected chi connectivity index (χ2v) is 7.67.